The van der Waals surface area contributed by atoms with Gasteiger partial charge in [-0.15, -0.1) is 0 Å². The maximum Gasteiger partial charge on any atom is 0.184 e. The molecular weight excluding hydrogens is 439 g/mol. The molecule has 4 aromatic rings. The number of aromatic nitrogens is 2. The molecule has 0 saturated carbocycles. The molecule has 0 amide bonds. The number of rotatable bonds is 8. The highest BCUT2D eigenvalue weighted by Crippen LogP contribution is 2.31. The monoisotopic (exact) mass is 464 g/mol. The van der Waals surface area contributed by atoms with Crippen LogP contribution in [0.1, 0.15) is 5.56 Å². The van der Waals surface area contributed by atoms with Crippen molar-refractivity contribution in [3.8, 4) is 16.9 Å². The van der Waals surface area contributed by atoms with E-state index in [0.717, 1.165) is 65.1 Å². The summed E-state index contributed by atoms with van der Waals surface area (Å²) in [5, 5.41) is 4.23. The van der Waals surface area contributed by atoms with E-state index < -0.39 is 0 Å². The molecule has 0 aliphatic carbocycles. The third kappa shape index (κ3) is 5.47. The molecule has 2 aromatic carbocycles. The zero-order chi connectivity index (χ0) is 22.5. The Morgan fingerprint density at radius 1 is 1.12 bits per heavy atom. The quantitative estimate of drug-likeness (QED) is 0.403. The van der Waals surface area contributed by atoms with Gasteiger partial charge in [0.25, 0.3) is 0 Å². The van der Waals surface area contributed by atoms with Gasteiger partial charge in [-0.05, 0) is 41.5 Å². The molecule has 1 saturated heterocycles. The molecule has 3 heterocycles. The first-order valence-electron chi connectivity index (χ1n) is 11.0. The van der Waals surface area contributed by atoms with E-state index in [1.165, 1.54) is 6.20 Å². The van der Waals surface area contributed by atoms with Crippen LogP contribution in [0, 0.1) is 5.82 Å². The molecule has 1 aliphatic rings. The predicted molar refractivity (Wildman–Crippen MR) is 129 cm³/mol. The molecule has 0 bridgehead atoms. The topological polar surface area (TPSA) is 59.5 Å². The van der Waals surface area contributed by atoms with Crippen LogP contribution in [0.4, 0.5) is 9.52 Å². The third-order valence-electron chi connectivity index (χ3n) is 5.59. The molecule has 0 unspecified atom stereocenters. The summed E-state index contributed by atoms with van der Waals surface area (Å²) in [6.45, 7) is 5.75. The number of morpholine rings is 1. The van der Waals surface area contributed by atoms with Crippen molar-refractivity contribution in [2.24, 2.45) is 0 Å². The lowest BCUT2D eigenvalue weighted by Gasteiger charge is -2.26. The summed E-state index contributed by atoms with van der Waals surface area (Å²) in [4.78, 5) is 10.8. The van der Waals surface area contributed by atoms with E-state index in [0.29, 0.717) is 18.7 Å². The van der Waals surface area contributed by atoms with E-state index in [1.807, 2.05) is 30.3 Å². The van der Waals surface area contributed by atoms with Crippen molar-refractivity contribution < 1.29 is 13.9 Å². The van der Waals surface area contributed by atoms with Gasteiger partial charge < -0.3 is 14.8 Å². The molecule has 5 rings (SSSR count). The van der Waals surface area contributed by atoms with Gasteiger partial charge in [-0.1, -0.05) is 29.5 Å². The van der Waals surface area contributed by atoms with Gasteiger partial charge in [0.1, 0.15) is 18.2 Å². The van der Waals surface area contributed by atoms with E-state index in [9.17, 15) is 4.39 Å². The van der Waals surface area contributed by atoms with Crippen LogP contribution < -0.4 is 10.1 Å². The van der Waals surface area contributed by atoms with Crippen LogP contribution in [-0.4, -0.2) is 54.3 Å². The molecule has 1 aliphatic heterocycles. The summed E-state index contributed by atoms with van der Waals surface area (Å²) in [6, 6.07) is 15.6. The highest BCUT2D eigenvalue weighted by Gasteiger charge is 2.11. The van der Waals surface area contributed by atoms with Crippen LogP contribution >= 0.6 is 11.3 Å². The molecule has 33 heavy (non-hydrogen) atoms. The fourth-order valence-electron chi connectivity index (χ4n) is 3.82. The van der Waals surface area contributed by atoms with Crippen molar-refractivity contribution in [1.82, 2.24) is 14.9 Å². The van der Waals surface area contributed by atoms with Crippen molar-refractivity contribution in [2.75, 3.05) is 44.8 Å². The highest BCUT2D eigenvalue weighted by molar-refractivity contribution is 7.22. The molecule has 0 atom stereocenters. The minimum absolute atomic E-state index is 0.327. The summed E-state index contributed by atoms with van der Waals surface area (Å²) in [5.74, 6) is 0.544. The lowest BCUT2D eigenvalue weighted by molar-refractivity contribution is 0.0322. The van der Waals surface area contributed by atoms with Gasteiger partial charge in [-0.3, -0.25) is 9.88 Å². The number of ether oxygens (including phenoxy) is 2. The fourth-order valence-corrected chi connectivity index (χ4v) is 4.72. The van der Waals surface area contributed by atoms with Crippen LogP contribution in [0.2, 0.25) is 0 Å². The summed E-state index contributed by atoms with van der Waals surface area (Å²) in [7, 11) is 0. The number of halogens is 1. The number of anilines is 1. The van der Waals surface area contributed by atoms with Crippen LogP contribution in [0.3, 0.4) is 0 Å². The Morgan fingerprint density at radius 3 is 2.91 bits per heavy atom. The average molecular weight is 465 g/mol. The summed E-state index contributed by atoms with van der Waals surface area (Å²) >= 11 is 1.56. The molecule has 6 nitrogen and oxygen atoms in total. The Bertz CT molecular complexity index is 1230. The Hall–Kier alpha value is -3.07. The van der Waals surface area contributed by atoms with Crippen LogP contribution in [-0.2, 0) is 11.3 Å². The van der Waals surface area contributed by atoms with Gasteiger partial charge in [0, 0.05) is 37.9 Å². The summed E-state index contributed by atoms with van der Waals surface area (Å²) in [6.07, 6.45) is 2.84. The molecular formula is C25H25FN4O2S. The normalized spacial score (nSPS) is 14.5. The number of hydrogen-bond acceptors (Lipinski definition) is 7. The highest BCUT2D eigenvalue weighted by atomic mass is 32.1. The minimum Gasteiger partial charge on any atom is -0.492 e. The molecule has 170 valence electrons. The second-order valence-electron chi connectivity index (χ2n) is 7.86. The van der Waals surface area contributed by atoms with Crippen molar-refractivity contribution in [3.63, 3.8) is 0 Å². The lowest BCUT2D eigenvalue weighted by Crippen LogP contribution is -2.38. The van der Waals surface area contributed by atoms with Gasteiger partial charge in [0.05, 0.1) is 29.6 Å². The largest absolute Gasteiger partial charge is 0.492 e. The maximum absolute atomic E-state index is 14.1. The van der Waals surface area contributed by atoms with Gasteiger partial charge in [-0.25, -0.2) is 9.37 Å². The van der Waals surface area contributed by atoms with Crippen LogP contribution in [0.15, 0.2) is 60.9 Å². The number of thiazole rings is 1. The maximum atomic E-state index is 14.1. The van der Waals surface area contributed by atoms with Gasteiger partial charge in [0.15, 0.2) is 5.13 Å². The average Bonchev–Trinajstić information content (AvgIpc) is 3.26. The Labute approximate surface area is 196 Å². The van der Waals surface area contributed by atoms with Crippen molar-refractivity contribution in [3.05, 3.63) is 72.3 Å². The number of fused-ring (bicyclic) bond motifs is 1. The van der Waals surface area contributed by atoms with Crippen molar-refractivity contribution >= 4 is 26.7 Å². The number of pyridine rings is 1. The van der Waals surface area contributed by atoms with Gasteiger partial charge >= 0.3 is 0 Å². The van der Waals surface area contributed by atoms with E-state index in [4.69, 9.17) is 9.47 Å². The first-order valence-corrected chi connectivity index (χ1v) is 11.8. The Kier molecular flexibility index (Phi) is 6.76. The van der Waals surface area contributed by atoms with Gasteiger partial charge in [0.2, 0.25) is 0 Å². The third-order valence-corrected chi connectivity index (χ3v) is 6.57. The number of nitrogens with zero attached hydrogens (tertiary/aromatic N) is 3. The van der Waals surface area contributed by atoms with Crippen molar-refractivity contribution in [2.45, 2.75) is 6.54 Å². The second kappa shape index (κ2) is 10.2. The zero-order valence-corrected chi connectivity index (χ0v) is 19.0. The number of benzene rings is 2. The van der Waals surface area contributed by atoms with E-state index in [1.54, 1.807) is 23.6 Å². The molecule has 1 N–H and O–H groups in total. The molecule has 8 heteroatoms. The molecule has 1 fully saturated rings. The van der Waals surface area contributed by atoms with E-state index >= 15 is 0 Å². The van der Waals surface area contributed by atoms with Crippen LogP contribution in [0.5, 0.6) is 5.75 Å². The van der Waals surface area contributed by atoms with Crippen molar-refractivity contribution in [1.29, 1.82) is 0 Å². The van der Waals surface area contributed by atoms with E-state index in [2.05, 4.69) is 32.3 Å². The molecule has 0 spiro atoms. The Morgan fingerprint density at radius 2 is 2.03 bits per heavy atom. The number of hydrogen-bond donors (Lipinski definition) is 1. The summed E-state index contributed by atoms with van der Waals surface area (Å²) < 4.78 is 26.4. The Balaban J connectivity index is 1.20. The second-order valence-corrected chi connectivity index (χ2v) is 8.89. The predicted octanol–water partition coefficient (Wildman–Crippen LogP) is 4.82. The lowest BCUT2D eigenvalue weighted by atomic mass is 10.1. The minimum atomic E-state index is -0.327. The molecule has 0 radical (unpaired) electrons. The summed E-state index contributed by atoms with van der Waals surface area (Å²) in [5.41, 5.74) is 3.37. The first kappa shape index (κ1) is 21.8. The smallest absolute Gasteiger partial charge is 0.184 e. The van der Waals surface area contributed by atoms with Gasteiger partial charge in [-0.2, -0.15) is 0 Å². The SMILES string of the molecule is Fc1cnccc1-c1ccc2nc(NCc3cccc(OCCN4CCOCC4)c3)sc2c1. The van der Waals surface area contributed by atoms with Crippen LogP contribution in [0.25, 0.3) is 21.3 Å². The molecule has 2 aromatic heterocycles. The zero-order valence-electron chi connectivity index (χ0n) is 18.2. The first-order chi connectivity index (χ1) is 16.2. The fraction of sp³-hybridized carbons (Fsp3) is 0.280. The number of nitrogens with one attached hydrogen (secondary N) is 1. The van der Waals surface area contributed by atoms with E-state index in [-0.39, 0.29) is 5.82 Å². The standard InChI is InChI=1S/C25H25FN4O2S/c26-22-17-27-7-6-21(22)19-4-5-23-24(15-19)33-25(29-23)28-16-18-2-1-3-20(14-18)32-13-10-30-8-11-31-12-9-30/h1-7,14-15,17H,8-13,16H2,(H,28,29).